The Bertz CT molecular complexity index is 1140. The maximum absolute atomic E-state index is 12.5. The number of nitrogens with one attached hydrogen (secondary N) is 1. The number of anilines is 2. The summed E-state index contributed by atoms with van der Waals surface area (Å²) in [5.41, 5.74) is 2.97. The molecule has 8 nitrogen and oxygen atoms in total. The lowest BCUT2D eigenvalue weighted by atomic mass is 9.94. The maximum Gasteiger partial charge on any atom is 0.263 e. The lowest BCUT2D eigenvalue weighted by Gasteiger charge is -2.29. The summed E-state index contributed by atoms with van der Waals surface area (Å²) < 4.78 is 11.2. The predicted octanol–water partition coefficient (Wildman–Crippen LogP) is 3.20. The summed E-state index contributed by atoms with van der Waals surface area (Å²) in [5, 5.41) is 3.84. The van der Waals surface area contributed by atoms with Crippen molar-refractivity contribution >= 4 is 28.1 Å². The van der Waals surface area contributed by atoms with Crippen molar-refractivity contribution in [2.75, 3.05) is 25.2 Å². The SMILES string of the molecule is COc1nccnc1-c1ccc2c(c1)N(c1nc3c(s1)C(=O)NC(C)(C)C3)CCO2. The Hall–Kier alpha value is -3.20. The second-order valence-corrected chi connectivity index (χ2v) is 8.86. The topological polar surface area (TPSA) is 89.5 Å². The third-order valence-corrected chi connectivity index (χ3v) is 6.26. The molecular formula is C21H21N5O3S. The molecule has 0 unspecified atom stereocenters. The molecular weight excluding hydrogens is 402 g/mol. The molecule has 5 rings (SSSR count). The monoisotopic (exact) mass is 423 g/mol. The van der Waals surface area contributed by atoms with Gasteiger partial charge < -0.3 is 19.7 Å². The summed E-state index contributed by atoms with van der Waals surface area (Å²) >= 11 is 1.42. The molecule has 1 N–H and O–H groups in total. The molecule has 4 heterocycles. The van der Waals surface area contributed by atoms with Gasteiger partial charge in [-0.25, -0.2) is 15.0 Å². The second kappa shape index (κ2) is 6.94. The van der Waals surface area contributed by atoms with Crippen LogP contribution >= 0.6 is 11.3 Å². The van der Waals surface area contributed by atoms with E-state index in [1.807, 2.05) is 32.0 Å². The van der Waals surface area contributed by atoms with Gasteiger partial charge in [0.25, 0.3) is 5.91 Å². The van der Waals surface area contributed by atoms with Gasteiger partial charge >= 0.3 is 0 Å². The molecule has 30 heavy (non-hydrogen) atoms. The number of methoxy groups -OCH3 is 1. The first-order valence-corrected chi connectivity index (χ1v) is 10.5. The summed E-state index contributed by atoms with van der Waals surface area (Å²) in [6, 6.07) is 5.87. The first-order valence-electron chi connectivity index (χ1n) is 9.67. The Labute approximate surface area is 177 Å². The van der Waals surface area contributed by atoms with Crippen LogP contribution in [-0.2, 0) is 6.42 Å². The number of amides is 1. The lowest BCUT2D eigenvalue weighted by molar-refractivity contribution is 0.0901. The number of benzene rings is 1. The van der Waals surface area contributed by atoms with Gasteiger partial charge in [-0.05, 0) is 32.0 Å². The van der Waals surface area contributed by atoms with Crippen LogP contribution in [0, 0.1) is 0 Å². The second-order valence-electron chi connectivity index (χ2n) is 7.88. The Morgan fingerprint density at radius 3 is 2.93 bits per heavy atom. The van der Waals surface area contributed by atoms with Gasteiger partial charge in [0, 0.05) is 29.9 Å². The quantitative estimate of drug-likeness (QED) is 0.692. The summed E-state index contributed by atoms with van der Waals surface area (Å²) in [7, 11) is 1.58. The summed E-state index contributed by atoms with van der Waals surface area (Å²) in [6.07, 6.45) is 3.95. The molecule has 2 aliphatic rings. The zero-order valence-corrected chi connectivity index (χ0v) is 17.7. The normalized spacial score (nSPS) is 16.9. The van der Waals surface area contributed by atoms with Crippen LogP contribution in [0.3, 0.4) is 0 Å². The van der Waals surface area contributed by atoms with E-state index in [1.54, 1.807) is 19.5 Å². The number of fused-ring (bicyclic) bond motifs is 2. The summed E-state index contributed by atoms with van der Waals surface area (Å²) in [6.45, 7) is 5.21. The first kappa shape index (κ1) is 18.8. The van der Waals surface area contributed by atoms with Crippen LogP contribution in [0.2, 0.25) is 0 Å². The van der Waals surface area contributed by atoms with Gasteiger partial charge in [-0.1, -0.05) is 11.3 Å². The highest BCUT2D eigenvalue weighted by atomic mass is 32.1. The number of carbonyl (C=O) groups excluding carboxylic acids is 1. The van der Waals surface area contributed by atoms with Crippen LogP contribution in [0.4, 0.5) is 10.8 Å². The van der Waals surface area contributed by atoms with Crippen molar-refractivity contribution in [3.63, 3.8) is 0 Å². The van der Waals surface area contributed by atoms with E-state index in [4.69, 9.17) is 14.5 Å². The number of hydrogen-bond donors (Lipinski definition) is 1. The standard InChI is InChI=1S/C21H21N5O3S/c1-21(2)11-13-17(18(27)25-21)30-20(24-13)26-8-9-29-15-5-4-12(10-14(15)26)16-19(28-3)23-7-6-22-16/h4-7,10H,8-9,11H2,1-3H3,(H,25,27). The van der Waals surface area contributed by atoms with Gasteiger partial charge in [-0.15, -0.1) is 0 Å². The molecule has 154 valence electrons. The van der Waals surface area contributed by atoms with Crippen molar-refractivity contribution < 1.29 is 14.3 Å². The van der Waals surface area contributed by atoms with Crippen molar-refractivity contribution in [2.45, 2.75) is 25.8 Å². The molecule has 1 amide bonds. The average Bonchev–Trinajstić information content (AvgIpc) is 3.16. The molecule has 0 bridgehead atoms. The Balaban J connectivity index is 1.57. The van der Waals surface area contributed by atoms with Crippen molar-refractivity contribution in [3.05, 3.63) is 41.2 Å². The largest absolute Gasteiger partial charge is 0.490 e. The molecule has 0 fully saturated rings. The highest BCUT2D eigenvalue weighted by molar-refractivity contribution is 7.17. The zero-order chi connectivity index (χ0) is 20.9. The number of carbonyl (C=O) groups is 1. The van der Waals surface area contributed by atoms with E-state index < -0.39 is 0 Å². The Kier molecular flexibility index (Phi) is 4.35. The van der Waals surface area contributed by atoms with Gasteiger partial charge in [0.05, 0.1) is 25.0 Å². The molecule has 2 aromatic heterocycles. The van der Waals surface area contributed by atoms with Crippen LogP contribution in [0.25, 0.3) is 11.3 Å². The van der Waals surface area contributed by atoms with Crippen LogP contribution in [-0.4, -0.2) is 46.7 Å². The number of nitrogens with zero attached hydrogens (tertiary/aromatic N) is 4. The molecule has 0 spiro atoms. The van der Waals surface area contributed by atoms with E-state index in [9.17, 15) is 4.79 Å². The molecule has 0 saturated heterocycles. The molecule has 0 aliphatic carbocycles. The van der Waals surface area contributed by atoms with Gasteiger partial charge in [0.15, 0.2) is 5.13 Å². The summed E-state index contributed by atoms with van der Waals surface area (Å²) in [5.74, 6) is 1.17. The third-order valence-electron chi connectivity index (χ3n) is 5.14. The zero-order valence-electron chi connectivity index (χ0n) is 16.9. The number of ether oxygens (including phenoxy) is 2. The average molecular weight is 423 g/mol. The molecule has 3 aromatic rings. The van der Waals surface area contributed by atoms with E-state index in [2.05, 4.69) is 20.2 Å². The van der Waals surface area contributed by atoms with Crippen molar-refractivity contribution in [3.8, 4) is 22.9 Å². The number of hydrogen-bond acceptors (Lipinski definition) is 8. The van der Waals surface area contributed by atoms with E-state index in [-0.39, 0.29) is 11.4 Å². The highest BCUT2D eigenvalue weighted by Crippen LogP contribution is 2.42. The third kappa shape index (κ3) is 3.15. The molecule has 9 heteroatoms. The highest BCUT2D eigenvalue weighted by Gasteiger charge is 2.34. The van der Waals surface area contributed by atoms with E-state index >= 15 is 0 Å². The fraction of sp³-hybridized carbons (Fsp3) is 0.333. The van der Waals surface area contributed by atoms with Crippen LogP contribution < -0.4 is 19.7 Å². The molecule has 0 radical (unpaired) electrons. The molecule has 1 aromatic carbocycles. The predicted molar refractivity (Wildman–Crippen MR) is 114 cm³/mol. The van der Waals surface area contributed by atoms with Crippen LogP contribution in [0.1, 0.15) is 29.2 Å². The fourth-order valence-corrected chi connectivity index (χ4v) is 4.83. The minimum absolute atomic E-state index is 0.0588. The summed E-state index contributed by atoms with van der Waals surface area (Å²) in [4.78, 5) is 28.8. The smallest absolute Gasteiger partial charge is 0.263 e. The van der Waals surface area contributed by atoms with Gasteiger partial charge in [0.2, 0.25) is 5.88 Å². The van der Waals surface area contributed by atoms with Crippen LogP contribution in [0.15, 0.2) is 30.6 Å². The molecule has 2 aliphatic heterocycles. The number of thiazole rings is 1. The Morgan fingerprint density at radius 2 is 2.10 bits per heavy atom. The van der Waals surface area contributed by atoms with E-state index in [0.29, 0.717) is 36.0 Å². The lowest BCUT2D eigenvalue weighted by Crippen LogP contribution is -2.48. The minimum atomic E-state index is -0.298. The molecule has 0 saturated carbocycles. The fourth-order valence-electron chi connectivity index (χ4n) is 3.82. The van der Waals surface area contributed by atoms with Crippen molar-refractivity contribution in [2.24, 2.45) is 0 Å². The first-order chi connectivity index (χ1) is 14.4. The van der Waals surface area contributed by atoms with E-state index in [0.717, 1.165) is 27.8 Å². The van der Waals surface area contributed by atoms with Gasteiger partial charge in [-0.2, -0.15) is 0 Å². The van der Waals surface area contributed by atoms with Gasteiger partial charge in [0.1, 0.15) is 22.9 Å². The number of rotatable bonds is 3. The van der Waals surface area contributed by atoms with Gasteiger partial charge in [-0.3, -0.25) is 4.79 Å². The van der Waals surface area contributed by atoms with E-state index in [1.165, 1.54) is 11.3 Å². The van der Waals surface area contributed by atoms with Crippen molar-refractivity contribution in [1.82, 2.24) is 20.3 Å². The number of aromatic nitrogens is 3. The minimum Gasteiger partial charge on any atom is -0.490 e. The molecule has 0 atom stereocenters. The van der Waals surface area contributed by atoms with Crippen molar-refractivity contribution in [1.29, 1.82) is 0 Å². The van der Waals surface area contributed by atoms with Crippen LogP contribution in [0.5, 0.6) is 11.6 Å². The maximum atomic E-state index is 12.5. The Morgan fingerprint density at radius 1 is 1.27 bits per heavy atom.